The molecule has 0 spiro atoms. The Bertz CT molecular complexity index is 814. The summed E-state index contributed by atoms with van der Waals surface area (Å²) < 4.78 is 31.9. The van der Waals surface area contributed by atoms with Gasteiger partial charge < -0.3 is 9.64 Å². The summed E-state index contributed by atoms with van der Waals surface area (Å²) in [5.74, 6) is 0.741. The highest BCUT2D eigenvalue weighted by atomic mass is 32.2. The molecule has 7 heteroatoms. The highest BCUT2D eigenvalue weighted by molar-refractivity contribution is 7.89. The Morgan fingerprint density at radius 3 is 2.31 bits per heavy atom. The van der Waals surface area contributed by atoms with E-state index in [4.69, 9.17) is 4.74 Å². The number of rotatable bonds is 6. The van der Waals surface area contributed by atoms with Crippen molar-refractivity contribution in [2.75, 3.05) is 38.3 Å². The molecule has 0 amide bonds. The van der Waals surface area contributed by atoms with Crippen LogP contribution in [0.2, 0.25) is 0 Å². The van der Waals surface area contributed by atoms with Crippen molar-refractivity contribution in [1.82, 2.24) is 9.29 Å². The van der Waals surface area contributed by atoms with Crippen LogP contribution in [0.25, 0.3) is 0 Å². The van der Waals surface area contributed by atoms with Crippen LogP contribution in [0.15, 0.2) is 47.5 Å². The summed E-state index contributed by atoms with van der Waals surface area (Å²) in [4.78, 5) is 6.59. The van der Waals surface area contributed by atoms with E-state index in [0.717, 1.165) is 12.2 Å². The van der Waals surface area contributed by atoms with Crippen LogP contribution in [0.1, 0.15) is 18.1 Å². The number of hydrogen-bond donors (Lipinski definition) is 0. The van der Waals surface area contributed by atoms with Crippen LogP contribution in [0, 0.1) is 0 Å². The van der Waals surface area contributed by atoms with Crippen LogP contribution >= 0.6 is 0 Å². The first-order chi connectivity index (χ1) is 12.5. The van der Waals surface area contributed by atoms with Crippen molar-refractivity contribution in [2.24, 2.45) is 0 Å². The maximum absolute atomic E-state index is 12.6. The van der Waals surface area contributed by atoms with E-state index in [9.17, 15) is 8.42 Å². The number of aromatic nitrogens is 1. The van der Waals surface area contributed by atoms with Gasteiger partial charge in [-0.05, 0) is 29.7 Å². The molecule has 0 saturated carbocycles. The number of hydrogen-bond acceptors (Lipinski definition) is 5. The lowest BCUT2D eigenvalue weighted by atomic mass is 10.1. The van der Waals surface area contributed by atoms with Gasteiger partial charge in [0.25, 0.3) is 0 Å². The number of pyridine rings is 1. The van der Waals surface area contributed by atoms with Crippen LogP contribution in [0.5, 0.6) is 0 Å². The third-order valence-electron chi connectivity index (χ3n) is 4.57. The molecule has 1 aromatic carbocycles. The zero-order valence-corrected chi connectivity index (χ0v) is 16.1. The number of nitrogens with zero attached hydrogens (tertiary/aromatic N) is 3. The van der Waals surface area contributed by atoms with Crippen LogP contribution in [-0.2, 0) is 27.7 Å². The predicted octanol–water partition coefficient (Wildman–Crippen LogP) is 2.30. The number of ether oxygens (including phenoxy) is 1. The normalized spacial score (nSPS) is 15.8. The summed E-state index contributed by atoms with van der Waals surface area (Å²) in [7, 11) is -1.55. The number of morpholine rings is 1. The average molecular weight is 375 g/mol. The van der Waals surface area contributed by atoms with Crippen molar-refractivity contribution in [3.05, 3.63) is 53.7 Å². The van der Waals surface area contributed by atoms with E-state index in [1.165, 1.54) is 21.6 Å². The Labute approximate surface area is 155 Å². The van der Waals surface area contributed by atoms with E-state index in [-0.39, 0.29) is 4.90 Å². The molecular weight excluding hydrogens is 350 g/mol. The zero-order valence-electron chi connectivity index (χ0n) is 15.3. The molecule has 1 fully saturated rings. The molecule has 0 radical (unpaired) electrons. The van der Waals surface area contributed by atoms with E-state index in [1.807, 2.05) is 11.9 Å². The molecule has 140 valence electrons. The molecule has 0 N–H and O–H groups in total. The van der Waals surface area contributed by atoms with E-state index in [1.54, 1.807) is 12.1 Å². The van der Waals surface area contributed by atoms with Crippen LogP contribution in [0.4, 0.5) is 5.82 Å². The van der Waals surface area contributed by atoms with Gasteiger partial charge >= 0.3 is 0 Å². The highest BCUT2D eigenvalue weighted by Gasteiger charge is 2.26. The molecule has 0 bridgehead atoms. The average Bonchev–Trinajstić information content (AvgIpc) is 2.69. The summed E-state index contributed by atoms with van der Waals surface area (Å²) in [5.41, 5.74) is 2.50. The van der Waals surface area contributed by atoms with Crippen molar-refractivity contribution in [2.45, 2.75) is 24.8 Å². The van der Waals surface area contributed by atoms with Gasteiger partial charge in [-0.25, -0.2) is 13.4 Å². The molecule has 0 aliphatic carbocycles. The molecule has 6 nitrogen and oxygen atoms in total. The van der Waals surface area contributed by atoms with Gasteiger partial charge in [0.05, 0.1) is 13.2 Å². The summed E-state index contributed by atoms with van der Waals surface area (Å²) in [6, 6.07) is 11.9. The number of sulfonamides is 1. The molecule has 1 saturated heterocycles. The van der Waals surface area contributed by atoms with Gasteiger partial charge in [-0.1, -0.05) is 31.2 Å². The second-order valence-corrected chi connectivity index (χ2v) is 8.33. The zero-order chi connectivity index (χ0) is 18.6. The Balaban J connectivity index is 1.69. The van der Waals surface area contributed by atoms with Crippen LogP contribution in [-0.4, -0.2) is 51.1 Å². The van der Waals surface area contributed by atoms with E-state index in [2.05, 4.69) is 36.2 Å². The third kappa shape index (κ3) is 4.23. The van der Waals surface area contributed by atoms with E-state index in [0.29, 0.717) is 32.8 Å². The highest BCUT2D eigenvalue weighted by Crippen LogP contribution is 2.20. The minimum Gasteiger partial charge on any atom is -0.379 e. The first-order valence-electron chi connectivity index (χ1n) is 8.83. The summed E-state index contributed by atoms with van der Waals surface area (Å²) in [6.45, 7) is 4.49. The lowest BCUT2D eigenvalue weighted by molar-refractivity contribution is 0.0730. The summed E-state index contributed by atoms with van der Waals surface area (Å²) in [5, 5.41) is 0. The van der Waals surface area contributed by atoms with Crippen molar-refractivity contribution in [3.8, 4) is 0 Å². The molecule has 0 atom stereocenters. The second kappa shape index (κ2) is 8.16. The summed E-state index contributed by atoms with van der Waals surface area (Å²) >= 11 is 0. The van der Waals surface area contributed by atoms with Crippen LogP contribution < -0.4 is 4.90 Å². The van der Waals surface area contributed by atoms with Crippen molar-refractivity contribution in [3.63, 3.8) is 0 Å². The number of aryl methyl sites for hydroxylation is 1. The lowest BCUT2D eigenvalue weighted by Crippen LogP contribution is -2.40. The molecule has 0 unspecified atom stereocenters. The first kappa shape index (κ1) is 18.8. The van der Waals surface area contributed by atoms with Gasteiger partial charge in [-0.2, -0.15) is 4.31 Å². The summed E-state index contributed by atoms with van der Waals surface area (Å²) in [6.07, 6.45) is 2.47. The predicted molar refractivity (Wildman–Crippen MR) is 102 cm³/mol. The standard InChI is InChI=1S/C19H25N3O3S/c1-3-16-4-6-17(7-5-16)15-21(2)19-9-8-18(14-20-19)26(23,24)22-10-12-25-13-11-22/h4-9,14H,3,10-13,15H2,1-2H3. The first-order valence-corrected chi connectivity index (χ1v) is 10.3. The van der Waals surface area contributed by atoms with Gasteiger partial charge in [0.15, 0.2) is 0 Å². The number of benzene rings is 1. The molecule has 1 aliphatic rings. The van der Waals surface area contributed by atoms with E-state index < -0.39 is 10.0 Å². The second-order valence-electron chi connectivity index (χ2n) is 6.39. The lowest BCUT2D eigenvalue weighted by Gasteiger charge is -2.26. The number of anilines is 1. The monoisotopic (exact) mass is 375 g/mol. The van der Waals surface area contributed by atoms with Gasteiger partial charge in [0.1, 0.15) is 10.7 Å². The van der Waals surface area contributed by atoms with E-state index >= 15 is 0 Å². The van der Waals surface area contributed by atoms with Gasteiger partial charge in [0.2, 0.25) is 10.0 Å². The fourth-order valence-electron chi connectivity index (χ4n) is 2.92. The quantitative estimate of drug-likeness (QED) is 0.775. The van der Waals surface area contributed by atoms with Crippen molar-refractivity contribution < 1.29 is 13.2 Å². The molecule has 26 heavy (non-hydrogen) atoms. The Morgan fingerprint density at radius 2 is 1.73 bits per heavy atom. The topological polar surface area (TPSA) is 62.7 Å². The minimum absolute atomic E-state index is 0.226. The van der Waals surface area contributed by atoms with Crippen molar-refractivity contribution in [1.29, 1.82) is 0 Å². The fourth-order valence-corrected chi connectivity index (χ4v) is 4.28. The Hall–Kier alpha value is -1.96. The maximum atomic E-state index is 12.6. The molecule has 2 heterocycles. The molecule has 1 aliphatic heterocycles. The third-order valence-corrected chi connectivity index (χ3v) is 6.45. The SMILES string of the molecule is CCc1ccc(CN(C)c2ccc(S(=O)(=O)N3CCOCC3)cn2)cc1. The van der Waals surface area contributed by atoms with Gasteiger partial charge in [0, 0.05) is 32.9 Å². The molecule has 1 aromatic heterocycles. The van der Waals surface area contributed by atoms with Gasteiger partial charge in [-0.3, -0.25) is 0 Å². The molecule has 2 aromatic rings. The van der Waals surface area contributed by atoms with Gasteiger partial charge in [-0.15, -0.1) is 0 Å². The minimum atomic E-state index is -3.50. The van der Waals surface area contributed by atoms with Crippen LogP contribution in [0.3, 0.4) is 0 Å². The smallest absolute Gasteiger partial charge is 0.244 e. The van der Waals surface area contributed by atoms with Crippen molar-refractivity contribution >= 4 is 15.8 Å². The molecular formula is C19H25N3O3S. The fraction of sp³-hybridized carbons (Fsp3) is 0.421. The largest absolute Gasteiger partial charge is 0.379 e. The molecule has 3 rings (SSSR count). The Morgan fingerprint density at radius 1 is 1.08 bits per heavy atom. The maximum Gasteiger partial charge on any atom is 0.244 e. The Kier molecular flexibility index (Phi) is 5.90.